The first-order chi connectivity index (χ1) is 14.3. The van der Waals surface area contributed by atoms with Gasteiger partial charge in [-0.15, -0.1) is 11.3 Å². The van der Waals surface area contributed by atoms with Crippen LogP contribution in [0.3, 0.4) is 0 Å². The summed E-state index contributed by atoms with van der Waals surface area (Å²) in [6, 6.07) is 17.8. The molecule has 4 heteroatoms. The van der Waals surface area contributed by atoms with E-state index >= 15 is 0 Å². The molecule has 29 heavy (non-hydrogen) atoms. The smallest absolute Gasteiger partial charge is 0.124 e. The molecule has 2 aliphatic rings. The van der Waals surface area contributed by atoms with Crippen molar-refractivity contribution >= 4 is 27.2 Å². The molecule has 2 aromatic carbocycles. The zero-order valence-electron chi connectivity index (χ0n) is 16.2. The minimum Gasteiger partial charge on any atom is -0.378 e. The first-order valence-electron chi connectivity index (χ1n) is 10.1. The summed E-state index contributed by atoms with van der Waals surface area (Å²) in [7, 11) is 0. The Hall–Kier alpha value is -2.98. The molecule has 0 saturated carbocycles. The normalized spacial score (nSPS) is 22.3. The summed E-state index contributed by atoms with van der Waals surface area (Å²) in [6.07, 6.45) is 9.66. The molecule has 1 aliphatic carbocycles. The summed E-state index contributed by atoms with van der Waals surface area (Å²) in [6.45, 7) is 2.13. The lowest BCUT2D eigenvalue weighted by molar-refractivity contribution is 0.425. The Kier molecular flexibility index (Phi) is 3.81. The van der Waals surface area contributed by atoms with Crippen LogP contribution in [0.4, 0.5) is 5.69 Å². The lowest BCUT2D eigenvalue weighted by Gasteiger charge is -2.37. The van der Waals surface area contributed by atoms with Crippen LogP contribution in [0.25, 0.3) is 20.8 Å². The van der Waals surface area contributed by atoms with Crippen molar-refractivity contribution in [2.24, 2.45) is 5.92 Å². The number of nitrogens with zero attached hydrogens (tertiary/aromatic N) is 2. The number of fused-ring (bicyclic) bond motifs is 4. The molecule has 6 rings (SSSR count). The molecule has 4 aromatic rings. The van der Waals surface area contributed by atoms with E-state index in [1.807, 2.05) is 18.5 Å². The lowest BCUT2D eigenvalue weighted by Crippen LogP contribution is -2.29. The number of thiazole rings is 1. The number of nitrogens with one attached hydrogen (secondary N) is 1. The predicted molar refractivity (Wildman–Crippen MR) is 120 cm³/mol. The monoisotopic (exact) mass is 395 g/mol. The fourth-order valence-electron chi connectivity index (χ4n) is 4.77. The van der Waals surface area contributed by atoms with Crippen molar-refractivity contribution in [2.45, 2.75) is 25.3 Å². The molecule has 0 radical (unpaired) electrons. The van der Waals surface area contributed by atoms with E-state index in [9.17, 15) is 0 Å². The van der Waals surface area contributed by atoms with Gasteiger partial charge in [0.25, 0.3) is 0 Å². The number of aryl methyl sites for hydroxylation is 1. The van der Waals surface area contributed by atoms with Crippen molar-refractivity contribution in [3.8, 4) is 10.6 Å². The van der Waals surface area contributed by atoms with E-state index in [-0.39, 0.29) is 0 Å². The number of benzene rings is 2. The average Bonchev–Trinajstić information content (AvgIpc) is 3.40. The van der Waals surface area contributed by atoms with Crippen molar-refractivity contribution in [2.75, 3.05) is 5.32 Å². The van der Waals surface area contributed by atoms with Crippen LogP contribution in [-0.2, 0) is 0 Å². The SMILES string of the molecule is Cc1ccc2nc(-c3ccc4c(c3)[C@@H]3C=CC[C@@H]3[C@@H](c3cccnc3)N4)sc2c1. The van der Waals surface area contributed by atoms with Gasteiger partial charge in [0.1, 0.15) is 5.01 Å². The van der Waals surface area contributed by atoms with Gasteiger partial charge in [-0.25, -0.2) is 4.98 Å². The highest BCUT2D eigenvalue weighted by Crippen LogP contribution is 2.50. The van der Waals surface area contributed by atoms with Gasteiger partial charge in [-0.1, -0.05) is 24.3 Å². The first-order valence-corrected chi connectivity index (χ1v) is 10.9. The number of hydrogen-bond donors (Lipinski definition) is 1. The molecule has 2 aromatic heterocycles. The van der Waals surface area contributed by atoms with Gasteiger partial charge in [-0.2, -0.15) is 0 Å². The summed E-state index contributed by atoms with van der Waals surface area (Å²) in [4.78, 5) is 9.24. The Morgan fingerprint density at radius 3 is 2.97 bits per heavy atom. The van der Waals surface area contributed by atoms with Crippen molar-refractivity contribution in [1.29, 1.82) is 0 Å². The number of aromatic nitrogens is 2. The maximum absolute atomic E-state index is 4.89. The summed E-state index contributed by atoms with van der Waals surface area (Å²) >= 11 is 1.78. The van der Waals surface area contributed by atoms with E-state index in [0.717, 1.165) is 16.9 Å². The number of rotatable bonds is 2. The quantitative estimate of drug-likeness (QED) is 0.394. The standard InChI is InChI=1S/C25H21N3S/c1-15-7-9-22-23(12-15)29-25(28-22)16-8-10-21-20(13-16)18-5-2-6-19(18)24(27-21)17-4-3-11-26-14-17/h2-5,7-14,18-19,24,27H,6H2,1H3/t18-,19+,24-/m1/s1. The fraction of sp³-hybridized carbons (Fsp3) is 0.200. The van der Waals surface area contributed by atoms with E-state index in [1.165, 1.54) is 32.6 Å². The van der Waals surface area contributed by atoms with Crippen molar-refractivity contribution < 1.29 is 0 Å². The lowest BCUT2D eigenvalue weighted by atomic mass is 9.77. The second-order valence-electron chi connectivity index (χ2n) is 8.05. The molecule has 0 saturated heterocycles. The molecular formula is C25H21N3S. The predicted octanol–water partition coefficient (Wildman–Crippen LogP) is 6.49. The van der Waals surface area contributed by atoms with E-state index in [0.29, 0.717) is 17.9 Å². The largest absolute Gasteiger partial charge is 0.378 e. The van der Waals surface area contributed by atoms with Crippen LogP contribution in [-0.4, -0.2) is 9.97 Å². The van der Waals surface area contributed by atoms with Gasteiger partial charge < -0.3 is 5.32 Å². The number of hydrogen-bond acceptors (Lipinski definition) is 4. The minimum atomic E-state index is 0.299. The van der Waals surface area contributed by atoms with Crippen LogP contribution in [0.15, 0.2) is 73.1 Å². The second-order valence-corrected chi connectivity index (χ2v) is 9.08. The minimum absolute atomic E-state index is 0.299. The summed E-state index contributed by atoms with van der Waals surface area (Å²) in [5.74, 6) is 0.966. The molecule has 3 heterocycles. The van der Waals surface area contributed by atoms with Crippen molar-refractivity contribution in [3.63, 3.8) is 0 Å². The number of allylic oxidation sites excluding steroid dienone is 2. The molecule has 0 spiro atoms. The van der Waals surface area contributed by atoms with Gasteiger partial charge in [0.15, 0.2) is 0 Å². The molecule has 1 N–H and O–H groups in total. The van der Waals surface area contributed by atoms with Crippen molar-refractivity contribution in [3.05, 3.63) is 89.8 Å². The fourth-order valence-corrected chi connectivity index (χ4v) is 5.83. The Labute approximate surface area is 174 Å². The summed E-state index contributed by atoms with van der Waals surface area (Å²) in [5.41, 5.74) is 7.46. The van der Waals surface area contributed by atoms with Gasteiger partial charge >= 0.3 is 0 Å². The first kappa shape index (κ1) is 16.9. The van der Waals surface area contributed by atoms with E-state index < -0.39 is 0 Å². The van der Waals surface area contributed by atoms with Gasteiger partial charge in [0, 0.05) is 29.6 Å². The third-order valence-electron chi connectivity index (χ3n) is 6.20. The molecule has 3 atom stereocenters. The molecule has 1 aliphatic heterocycles. The molecule has 0 unspecified atom stereocenters. The highest BCUT2D eigenvalue weighted by Gasteiger charge is 2.38. The molecule has 0 amide bonds. The maximum atomic E-state index is 4.89. The van der Waals surface area contributed by atoms with Crippen LogP contribution < -0.4 is 5.32 Å². The molecule has 0 fully saturated rings. The Morgan fingerprint density at radius 1 is 1.10 bits per heavy atom. The van der Waals surface area contributed by atoms with Crippen molar-refractivity contribution in [1.82, 2.24) is 9.97 Å². The summed E-state index contributed by atoms with van der Waals surface area (Å²) < 4.78 is 1.26. The van der Waals surface area contributed by atoms with Gasteiger partial charge in [0.2, 0.25) is 0 Å². The van der Waals surface area contributed by atoms with E-state index in [4.69, 9.17) is 4.98 Å². The molecular weight excluding hydrogens is 374 g/mol. The van der Waals surface area contributed by atoms with Gasteiger partial charge in [-0.3, -0.25) is 4.98 Å². The van der Waals surface area contributed by atoms with Crippen LogP contribution in [0.2, 0.25) is 0 Å². The Balaban J connectivity index is 1.42. The summed E-state index contributed by atoms with van der Waals surface area (Å²) in [5, 5.41) is 4.90. The second kappa shape index (κ2) is 6.53. The van der Waals surface area contributed by atoms with Gasteiger partial charge in [-0.05, 0) is 72.4 Å². The molecule has 0 bridgehead atoms. The Bertz CT molecular complexity index is 1240. The van der Waals surface area contributed by atoms with E-state index in [1.54, 1.807) is 11.3 Å². The number of anilines is 1. The van der Waals surface area contributed by atoms with Crippen LogP contribution >= 0.6 is 11.3 Å². The van der Waals surface area contributed by atoms with Gasteiger partial charge in [0.05, 0.1) is 16.3 Å². The third-order valence-corrected chi connectivity index (χ3v) is 7.26. The topological polar surface area (TPSA) is 37.8 Å². The van der Waals surface area contributed by atoms with Crippen LogP contribution in [0, 0.1) is 12.8 Å². The molecule has 3 nitrogen and oxygen atoms in total. The third kappa shape index (κ3) is 2.78. The zero-order chi connectivity index (χ0) is 19.4. The highest BCUT2D eigenvalue weighted by molar-refractivity contribution is 7.21. The average molecular weight is 396 g/mol. The molecule has 142 valence electrons. The number of pyridine rings is 1. The van der Waals surface area contributed by atoms with Crippen LogP contribution in [0.1, 0.15) is 35.1 Å². The Morgan fingerprint density at radius 2 is 2.07 bits per heavy atom. The van der Waals surface area contributed by atoms with Crippen LogP contribution in [0.5, 0.6) is 0 Å². The zero-order valence-corrected chi connectivity index (χ0v) is 17.0. The maximum Gasteiger partial charge on any atom is 0.124 e. The highest BCUT2D eigenvalue weighted by atomic mass is 32.1. The van der Waals surface area contributed by atoms with E-state index in [2.05, 4.69) is 71.8 Å².